The molecule has 0 spiro atoms. The fourth-order valence-electron chi connectivity index (χ4n) is 2.76. The van der Waals surface area contributed by atoms with Crippen LogP contribution in [-0.4, -0.2) is 31.2 Å². The number of carbonyl (C=O) groups excluding carboxylic acids is 1. The lowest BCUT2D eigenvalue weighted by Crippen LogP contribution is -2.42. The molecular formula is C15H21FN2O2. The van der Waals surface area contributed by atoms with Gasteiger partial charge in [-0.25, -0.2) is 4.39 Å². The maximum Gasteiger partial charge on any atom is 0.224 e. The van der Waals surface area contributed by atoms with E-state index in [1.807, 2.05) is 0 Å². The third-order valence-electron chi connectivity index (χ3n) is 3.82. The van der Waals surface area contributed by atoms with Gasteiger partial charge in [-0.2, -0.15) is 0 Å². The van der Waals surface area contributed by atoms with Crippen LogP contribution in [0.5, 0.6) is 0 Å². The Morgan fingerprint density at radius 2 is 2.30 bits per heavy atom. The molecule has 2 atom stereocenters. The molecule has 20 heavy (non-hydrogen) atoms. The summed E-state index contributed by atoms with van der Waals surface area (Å²) in [4.78, 5) is 13.8. The predicted octanol–water partition coefficient (Wildman–Crippen LogP) is 1.84. The fraction of sp³-hybridized carbons (Fsp3) is 0.533. The molecule has 1 heterocycles. The van der Waals surface area contributed by atoms with Gasteiger partial charge in [-0.05, 0) is 38.0 Å². The largest absolute Gasteiger partial charge is 0.389 e. The number of amides is 1. The Morgan fingerprint density at radius 3 is 2.95 bits per heavy atom. The number of hydrogen-bond donors (Lipinski definition) is 2. The Labute approximate surface area is 118 Å². The van der Waals surface area contributed by atoms with Crippen molar-refractivity contribution in [3.63, 3.8) is 0 Å². The van der Waals surface area contributed by atoms with Crippen molar-refractivity contribution >= 4 is 11.6 Å². The summed E-state index contributed by atoms with van der Waals surface area (Å²) in [7, 11) is 1.64. The first-order valence-electron chi connectivity index (χ1n) is 6.97. The lowest BCUT2D eigenvalue weighted by atomic mass is 9.95. The SMILES string of the molecule is CNC(=O)C1CCCN(c2ccc(F)cc2C(C)O)C1. The van der Waals surface area contributed by atoms with Gasteiger partial charge in [0.2, 0.25) is 5.91 Å². The highest BCUT2D eigenvalue weighted by molar-refractivity contribution is 5.79. The van der Waals surface area contributed by atoms with Crippen molar-refractivity contribution in [2.45, 2.75) is 25.9 Å². The Balaban J connectivity index is 2.24. The molecule has 2 rings (SSSR count). The first-order valence-corrected chi connectivity index (χ1v) is 6.97. The minimum Gasteiger partial charge on any atom is -0.389 e. The van der Waals surface area contributed by atoms with Crippen molar-refractivity contribution in [2.75, 3.05) is 25.0 Å². The zero-order valence-electron chi connectivity index (χ0n) is 11.9. The normalized spacial score (nSPS) is 20.6. The highest BCUT2D eigenvalue weighted by Crippen LogP contribution is 2.30. The molecule has 0 aromatic heterocycles. The van der Waals surface area contributed by atoms with Gasteiger partial charge >= 0.3 is 0 Å². The molecule has 1 aliphatic heterocycles. The Bertz CT molecular complexity index is 491. The summed E-state index contributed by atoms with van der Waals surface area (Å²) in [6.45, 7) is 3.04. The van der Waals surface area contributed by atoms with E-state index in [4.69, 9.17) is 0 Å². The number of nitrogens with one attached hydrogen (secondary N) is 1. The molecule has 0 radical (unpaired) electrons. The molecule has 2 unspecified atom stereocenters. The van der Waals surface area contributed by atoms with E-state index in [1.165, 1.54) is 12.1 Å². The average molecular weight is 280 g/mol. The van der Waals surface area contributed by atoms with Crippen molar-refractivity contribution in [3.05, 3.63) is 29.6 Å². The van der Waals surface area contributed by atoms with Crippen LogP contribution in [0.1, 0.15) is 31.4 Å². The molecule has 0 saturated carbocycles. The lowest BCUT2D eigenvalue weighted by molar-refractivity contribution is -0.124. The monoisotopic (exact) mass is 280 g/mol. The van der Waals surface area contributed by atoms with Crippen LogP contribution in [0.2, 0.25) is 0 Å². The summed E-state index contributed by atoms with van der Waals surface area (Å²) in [5.74, 6) is -0.374. The van der Waals surface area contributed by atoms with Gasteiger partial charge in [-0.15, -0.1) is 0 Å². The van der Waals surface area contributed by atoms with E-state index in [2.05, 4.69) is 10.2 Å². The van der Waals surface area contributed by atoms with Crippen molar-refractivity contribution < 1.29 is 14.3 Å². The molecule has 2 N–H and O–H groups in total. The molecule has 1 aromatic rings. The van der Waals surface area contributed by atoms with Gasteiger partial charge in [0.25, 0.3) is 0 Å². The fourth-order valence-corrected chi connectivity index (χ4v) is 2.76. The second-order valence-electron chi connectivity index (χ2n) is 5.28. The highest BCUT2D eigenvalue weighted by atomic mass is 19.1. The molecule has 1 aromatic carbocycles. The quantitative estimate of drug-likeness (QED) is 0.888. The standard InChI is InChI=1S/C15H21FN2O2/c1-10(19)13-8-12(16)5-6-14(13)18-7-3-4-11(9-18)15(20)17-2/h5-6,8,10-11,19H,3-4,7,9H2,1-2H3,(H,17,20). The van der Waals surface area contributed by atoms with Crippen LogP contribution in [0.3, 0.4) is 0 Å². The van der Waals surface area contributed by atoms with Crippen LogP contribution < -0.4 is 10.2 Å². The molecule has 1 fully saturated rings. The number of benzene rings is 1. The Morgan fingerprint density at radius 1 is 1.55 bits per heavy atom. The first-order chi connectivity index (χ1) is 9.52. The van der Waals surface area contributed by atoms with Crippen molar-refractivity contribution in [2.24, 2.45) is 5.92 Å². The molecule has 4 nitrogen and oxygen atoms in total. The van der Waals surface area contributed by atoms with Gasteiger partial charge < -0.3 is 15.3 Å². The van der Waals surface area contributed by atoms with Gasteiger partial charge in [-0.1, -0.05) is 0 Å². The van der Waals surface area contributed by atoms with Crippen LogP contribution in [0.4, 0.5) is 10.1 Å². The van der Waals surface area contributed by atoms with E-state index in [1.54, 1.807) is 20.0 Å². The van der Waals surface area contributed by atoms with E-state index >= 15 is 0 Å². The van der Waals surface area contributed by atoms with E-state index in [0.717, 1.165) is 25.1 Å². The van der Waals surface area contributed by atoms with Crippen molar-refractivity contribution in [1.29, 1.82) is 0 Å². The zero-order valence-corrected chi connectivity index (χ0v) is 11.9. The van der Waals surface area contributed by atoms with Crippen molar-refractivity contribution in [1.82, 2.24) is 5.32 Å². The van der Waals surface area contributed by atoms with E-state index in [0.29, 0.717) is 12.1 Å². The van der Waals surface area contributed by atoms with Crippen LogP contribution in [0.15, 0.2) is 18.2 Å². The van der Waals surface area contributed by atoms with E-state index < -0.39 is 6.10 Å². The maximum atomic E-state index is 13.3. The number of halogens is 1. The van der Waals surface area contributed by atoms with Crippen molar-refractivity contribution in [3.8, 4) is 0 Å². The number of carbonyl (C=O) groups is 1. The summed E-state index contributed by atoms with van der Waals surface area (Å²) in [6.07, 6.45) is 1.04. The van der Waals surface area contributed by atoms with Gasteiger partial charge in [-0.3, -0.25) is 4.79 Å². The van der Waals surface area contributed by atoms with Crippen LogP contribution in [-0.2, 0) is 4.79 Å². The molecule has 1 saturated heterocycles. The second kappa shape index (κ2) is 6.22. The third-order valence-corrected chi connectivity index (χ3v) is 3.82. The molecule has 0 aliphatic carbocycles. The number of aliphatic hydroxyl groups excluding tert-OH is 1. The maximum absolute atomic E-state index is 13.3. The number of rotatable bonds is 3. The number of anilines is 1. The van der Waals surface area contributed by atoms with Crippen LogP contribution >= 0.6 is 0 Å². The number of piperidine rings is 1. The van der Waals surface area contributed by atoms with Gasteiger partial charge in [0, 0.05) is 31.4 Å². The second-order valence-corrected chi connectivity index (χ2v) is 5.28. The number of hydrogen-bond acceptors (Lipinski definition) is 3. The minimum atomic E-state index is -0.735. The van der Waals surface area contributed by atoms with E-state index in [-0.39, 0.29) is 17.6 Å². The lowest BCUT2D eigenvalue weighted by Gasteiger charge is -2.35. The topological polar surface area (TPSA) is 52.6 Å². The summed E-state index contributed by atoms with van der Waals surface area (Å²) in [5.41, 5.74) is 1.39. The van der Waals surface area contributed by atoms with Gasteiger partial charge in [0.15, 0.2) is 0 Å². The minimum absolute atomic E-state index is 0.0374. The van der Waals surface area contributed by atoms with Crippen LogP contribution in [0, 0.1) is 11.7 Å². The summed E-state index contributed by atoms with van der Waals surface area (Å²) >= 11 is 0. The smallest absolute Gasteiger partial charge is 0.224 e. The average Bonchev–Trinajstić information content (AvgIpc) is 2.46. The zero-order chi connectivity index (χ0) is 14.7. The molecule has 1 aliphatic rings. The third kappa shape index (κ3) is 3.10. The number of aliphatic hydroxyl groups is 1. The molecule has 1 amide bonds. The summed E-state index contributed by atoms with van der Waals surface area (Å²) in [6, 6.07) is 4.44. The van der Waals surface area contributed by atoms with Gasteiger partial charge in [0.05, 0.1) is 12.0 Å². The predicted molar refractivity (Wildman–Crippen MR) is 76.0 cm³/mol. The molecule has 110 valence electrons. The molecule has 0 bridgehead atoms. The number of nitrogens with zero attached hydrogens (tertiary/aromatic N) is 1. The highest BCUT2D eigenvalue weighted by Gasteiger charge is 2.26. The summed E-state index contributed by atoms with van der Waals surface area (Å²) < 4.78 is 13.3. The molecule has 5 heteroatoms. The molecular weight excluding hydrogens is 259 g/mol. The Hall–Kier alpha value is -1.62. The Kier molecular flexibility index (Phi) is 4.60. The first kappa shape index (κ1) is 14.8. The van der Waals surface area contributed by atoms with E-state index in [9.17, 15) is 14.3 Å². The van der Waals surface area contributed by atoms with Crippen LogP contribution in [0.25, 0.3) is 0 Å². The van der Waals surface area contributed by atoms with Gasteiger partial charge in [0.1, 0.15) is 5.82 Å². The summed E-state index contributed by atoms with van der Waals surface area (Å²) in [5, 5.41) is 12.5.